The Morgan fingerprint density at radius 3 is 2.56 bits per heavy atom. The number of halogens is 3. The Morgan fingerprint density at radius 2 is 1.92 bits per heavy atom. The van der Waals surface area contributed by atoms with Crippen LogP contribution < -0.4 is 0 Å². The van der Waals surface area contributed by atoms with Crippen molar-refractivity contribution in [1.82, 2.24) is 0 Å². The third-order valence-electron chi connectivity index (χ3n) is 5.82. The largest absolute Gasteiger partial charge is 0.481 e. The smallest absolute Gasteiger partial charge is 0.416 e. The van der Waals surface area contributed by atoms with Gasteiger partial charge in [0.05, 0.1) is 17.8 Å². The van der Waals surface area contributed by atoms with Crippen molar-refractivity contribution in [1.29, 1.82) is 0 Å². The Kier molecular flexibility index (Phi) is 4.84. The van der Waals surface area contributed by atoms with Crippen molar-refractivity contribution in [3.05, 3.63) is 35.4 Å². The van der Waals surface area contributed by atoms with Crippen LogP contribution in [0.4, 0.5) is 13.2 Å². The molecule has 0 heterocycles. The minimum absolute atomic E-state index is 0.170. The molecule has 138 valence electrons. The van der Waals surface area contributed by atoms with Gasteiger partial charge in [0, 0.05) is 6.42 Å². The number of carbonyl (C=O) groups is 1. The van der Waals surface area contributed by atoms with Crippen LogP contribution in [0.5, 0.6) is 0 Å². The van der Waals surface area contributed by atoms with Crippen molar-refractivity contribution in [3.63, 3.8) is 0 Å². The van der Waals surface area contributed by atoms with Gasteiger partial charge in [-0.25, -0.2) is 0 Å². The molecule has 2 fully saturated rings. The van der Waals surface area contributed by atoms with Gasteiger partial charge in [0.2, 0.25) is 0 Å². The van der Waals surface area contributed by atoms with Crippen LogP contribution in [0.3, 0.4) is 0 Å². The highest BCUT2D eigenvalue weighted by Gasteiger charge is 2.54. The molecule has 0 unspecified atom stereocenters. The van der Waals surface area contributed by atoms with Crippen LogP contribution in [0.2, 0.25) is 0 Å². The zero-order chi connectivity index (χ0) is 18.1. The molecular formula is C19H23F3O3. The molecule has 2 aliphatic rings. The summed E-state index contributed by atoms with van der Waals surface area (Å²) in [4.78, 5) is 10.7. The second kappa shape index (κ2) is 6.63. The highest BCUT2D eigenvalue weighted by molar-refractivity contribution is 5.66. The van der Waals surface area contributed by atoms with E-state index in [0.29, 0.717) is 12.0 Å². The van der Waals surface area contributed by atoms with Gasteiger partial charge in [-0.05, 0) is 68.1 Å². The Hall–Kier alpha value is -1.56. The fourth-order valence-electron chi connectivity index (χ4n) is 4.50. The van der Waals surface area contributed by atoms with Crippen molar-refractivity contribution >= 4 is 5.97 Å². The fourth-order valence-corrected chi connectivity index (χ4v) is 4.50. The minimum atomic E-state index is -4.34. The molecule has 0 aliphatic heterocycles. The second-order valence-electron chi connectivity index (χ2n) is 7.59. The average molecular weight is 356 g/mol. The van der Waals surface area contributed by atoms with Crippen LogP contribution >= 0.6 is 0 Å². The SMILES string of the molecule is O=C(O)CCCC12CCC(OCc3cccc(C(F)(F)F)c3)(CC1)C2. The second-order valence-corrected chi connectivity index (χ2v) is 7.59. The first-order chi connectivity index (χ1) is 11.7. The maximum absolute atomic E-state index is 12.8. The van der Waals surface area contributed by atoms with Gasteiger partial charge in [-0.1, -0.05) is 12.1 Å². The van der Waals surface area contributed by atoms with E-state index in [2.05, 4.69) is 0 Å². The molecule has 2 aliphatic carbocycles. The molecule has 3 nitrogen and oxygen atoms in total. The zero-order valence-corrected chi connectivity index (χ0v) is 14.1. The number of carboxylic acid groups (broad SMARTS) is 1. The summed E-state index contributed by atoms with van der Waals surface area (Å²) in [6, 6.07) is 5.30. The number of fused-ring (bicyclic) bond motifs is 2. The van der Waals surface area contributed by atoms with E-state index in [1.165, 1.54) is 6.07 Å². The maximum Gasteiger partial charge on any atom is 0.416 e. The molecule has 0 amide bonds. The predicted molar refractivity (Wildman–Crippen MR) is 86.0 cm³/mol. The highest BCUT2D eigenvalue weighted by atomic mass is 19.4. The normalized spacial score (nSPS) is 28.4. The molecule has 0 radical (unpaired) electrons. The summed E-state index contributed by atoms with van der Waals surface area (Å²) in [5.74, 6) is -0.764. The molecule has 25 heavy (non-hydrogen) atoms. The molecule has 6 heteroatoms. The molecule has 0 aromatic heterocycles. The molecule has 1 N–H and O–H groups in total. The monoisotopic (exact) mass is 356 g/mol. The van der Waals surface area contributed by atoms with Crippen molar-refractivity contribution in [2.24, 2.45) is 5.41 Å². The Labute approximate surface area is 145 Å². The number of aliphatic carboxylic acids is 1. The van der Waals surface area contributed by atoms with E-state index in [1.54, 1.807) is 6.07 Å². The van der Waals surface area contributed by atoms with Gasteiger partial charge in [-0.15, -0.1) is 0 Å². The fraction of sp³-hybridized carbons (Fsp3) is 0.632. The van der Waals surface area contributed by atoms with Crippen LogP contribution in [0.25, 0.3) is 0 Å². The van der Waals surface area contributed by atoms with Gasteiger partial charge in [0.25, 0.3) is 0 Å². The highest BCUT2D eigenvalue weighted by Crippen LogP contribution is 2.60. The Morgan fingerprint density at radius 1 is 1.20 bits per heavy atom. The molecule has 2 bridgehead atoms. The topological polar surface area (TPSA) is 46.5 Å². The van der Waals surface area contributed by atoms with E-state index in [9.17, 15) is 18.0 Å². The van der Waals surface area contributed by atoms with Gasteiger partial charge < -0.3 is 9.84 Å². The molecule has 0 atom stereocenters. The first-order valence-corrected chi connectivity index (χ1v) is 8.74. The zero-order valence-electron chi connectivity index (χ0n) is 14.1. The minimum Gasteiger partial charge on any atom is -0.481 e. The lowest BCUT2D eigenvalue weighted by atomic mass is 9.80. The number of benzene rings is 1. The quantitative estimate of drug-likeness (QED) is 0.732. The first-order valence-electron chi connectivity index (χ1n) is 8.74. The van der Waals surface area contributed by atoms with Crippen LogP contribution in [-0.4, -0.2) is 16.7 Å². The van der Waals surface area contributed by atoms with Crippen molar-refractivity contribution in [2.45, 2.75) is 69.8 Å². The average Bonchev–Trinajstić information content (AvgIpc) is 3.09. The Balaban J connectivity index is 1.57. The third kappa shape index (κ3) is 4.17. The molecule has 0 saturated heterocycles. The third-order valence-corrected chi connectivity index (χ3v) is 5.82. The molecule has 1 aromatic rings. The molecular weight excluding hydrogens is 333 g/mol. The van der Waals surface area contributed by atoms with Crippen molar-refractivity contribution in [3.8, 4) is 0 Å². The predicted octanol–water partition coefficient (Wildman–Crippen LogP) is 5.18. The summed E-state index contributed by atoms with van der Waals surface area (Å²) in [6.07, 6.45) is 2.21. The van der Waals surface area contributed by atoms with E-state index in [1.807, 2.05) is 0 Å². The van der Waals surface area contributed by atoms with Crippen LogP contribution in [-0.2, 0) is 22.3 Å². The first kappa shape index (κ1) is 18.2. The lowest BCUT2D eigenvalue weighted by Crippen LogP contribution is -2.26. The van der Waals surface area contributed by atoms with Gasteiger partial charge >= 0.3 is 12.1 Å². The molecule has 1 aromatic carbocycles. The van der Waals surface area contributed by atoms with E-state index in [0.717, 1.165) is 50.7 Å². The van der Waals surface area contributed by atoms with Gasteiger partial charge in [0.15, 0.2) is 0 Å². The van der Waals surface area contributed by atoms with Gasteiger partial charge in [-0.2, -0.15) is 13.2 Å². The van der Waals surface area contributed by atoms with Crippen LogP contribution in [0, 0.1) is 5.41 Å². The van der Waals surface area contributed by atoms with Crippen LogP contribution in [0.15, 0.2) is 24.3 Å². The van der Waals surface area contributed by atoms with E-state index < -0.39 is 17.7 Å². The summed E-state index contributed by atoms with van der Waals surface area (Å²) in [7, 11) is 0. The number of ether oxygens (including phenoxy) is 1. The Bertz CT molecular complexity index is 631. The van der Waals surface area contributed by atoms with Gasteiger partial charge in [0.1, 0.15) is 0 Å². The molecule has 2 saturated carbocycles. The van der Waals surface area contributed by atoms with E-state index in [4.69, 9.17) is 9.84 Å². The van der Waals surface area contributed by atoms with E-state index in [-0.39, 0.29) is 24.0 Å². The summed E-state index contributed by atoms with van der Waals surface area (Å²) in [5, 5.41) is 8.79. The number of carboxylic acids is 1. The van der Waals surface area contributed by atoms with Crippen molar-refractivity contribution in [2.75, 3.05) is 0 Å². The number of hydrogen-bond donors (Lipinski definition) is 1. The molecule has 0 spiro atoms. The summed E-state index contributed by atoms with van der Waals surface area (Å²) < 4.78 is 44.5. The van der Waals surface area contributed by atoms with E-state index >= 15 is 0 Å². The van der Waals surface area contributed by atoms with Crippen LogP contribution in [0.1, 0.15) is 62.5 Å². The number of alkyl halides is 3. The lowest BCUT2D eigenvalue weighted by molar-refractivity contribution is -0.138. The van der Waals surface area contributed by atoms with Crippen molar-refractivity contribution < 1.29 is 27.8 Å². The number of hydrogen-bond acceptors (Lipinski definition) is 2. The summed E-state index contributed by atoms with van der Waals surface area (Å²) in [5.41, 5.74) is -0.174. The maximum atomic E-state index is 12.8. The molecule has 3 rings (SSSR count). The summed E-state index contributed by atoms with van der Waals surface area (Å²) in [6.45, 7) is 0.190. The standard InChI is InChI=1S/C19H23F3O3/c20-19(21,22)15-4-1-3-14(11-15)12-25-18-9-7-17(13-18,8-10-18)6-2-5-16(23)24/h1,3-4,11H,2,5-10,12-13H2,(H,23,24). The van der Waals surface area contributed by atoms with Gasteiger partial charge in [-0.3, -0.25) is 4.79 Å². The lowest BCUT2D eigenvalue weighted by Gasteiger charge is -2.28. The number of rotatable bonds is 7. The summed E-state index contributed by atoms with van der Waals surface area (Å²) >= 11 is 0.